The third-order valence-corrected chi connectivity index (χ3v) is 5.78. The van der Waals surface area contributed by atoms with Crippen LogP contribution >= 0.6 is 0 Å². The molecule has 0 aromatic carbocycles. The van der Waals surface area contributed by atoms with Gasteiger partial charge in [0.2, 0.25) is 0 Å². The highest BCUT2D eigenvalue weighted by molar-refractivity contribution is 5.05. The predicted molar refractivity (Wildman–Crippen MR) is 85.1 cm³/mol. The first-order chi connectivity index (χ1) is 9.61. The molecule has 2 aliphatic rings. The highest BCUT2D eigenvalue weighted by Crippen LogP contribution is 2.45. The van der Waals surface area contributed by atoms with Crippen LogP contribution in [0.15, 0.2) is 0 Å². The summed E-state index contributed by atoms with van der Waals surface area (Å²) in [5, 5.41) is 3.82. The summed E-state index contributed by atoms with van der Waals surface area (Å²) in [6.45, 7) is 13.7. The molecule has 3 heteroatoms. The second-order valence-electron chi connectivity index (χ2n) is 6.95. The van der Waals surface area contributed by atoms with Gasteiger partial charge in [0.15, 0.2) is 0 Å². The van der Waals surface area contributed by atoms with E-state index in [0.717, 1.165) is 13.2 Å². The number of hydrogen-bond acceptors (Lipinski definition) is 3. The zero-order valence-corrected chi connectivity index (χ0v) is 14.0. The first-order valence-electron chi connectivity index (χ1n) is 8.70. The number of ether oxygens (including phenoxy) is 1. The molecule has 1 aliphatic carbocycles. The molecule has 1 N–H and O–H groups in total. The third-order valence-electron chi connectivity index (χ3n) is 5.78. The Labute approximate surface area is 125 Å². The minimum Gasteiger partial charge on any atom is -0.378 e. The fourth-order valence-corrected chi connectivity index (χ4v) is 3.87. The van der Waals surface area contributed by atoms with E-state index in [1.807, 2.05) is 0 Å². The molecule has 3 nitrogen and oxygen atoms in total. The lowest BCUT2D eigenvalue weighted by atomic mass is 9.61. The van der Waals surface area contributed by atoms with Crippen molar-refractivity contribution in [1.29, 1.82) is 0 Å². The largest absolute Gasteiger partial charge is 0.378 e. The van der Waals surface area contributed by atoms with Gasteiger partial charge in [-0.3, -0.25) is 4.90 Å². The van der Waals surface area contributed by atoms with Gasteiger partial charge in [0.05, 0.1) is 6.10 Å². The molecule has 1 aliphatic heterocycles. The Morgan fingerprint density at radius 1 is 1.25 bits per heavy atom. The Morgan fingerprint density at radius 3 is 2.55 bits per heavy atom. The molecule has 20 heavy (non-hydrogen) atoms. The summed E-state index contributed by atoms with van der Waals surface area (Å²) in [7, 11) is 0. The van der Waals surface area contributed by atoms with Gasteiger partial charge < -0.3 is 10.1 Å². The molecule has 0 aromatic heterocycles. The third kappa shape index (κ3) is 3.37. The second-order valence-corrected chi connectivity index (χ2v) is 6.95. The zero-order valence-electron chi connectivity index (χ0n) is 14.0. The number of hydrogen-bond donors (Lipinski definition) is 1. The van der Waals surface area contributed by atoms with Crippen LogP contribution in [0.5, 0.6) is 0 Å². The van der Waals surface area contributed by atoms with Gasteiger partial charge in [-0.25, -0.2) is 0 Å². The monoisotopic (exact) mass is 282 g/mol. The van der Waals surface area contributed by atoms with Gasteiger partial charge in [-0.2, -0.15) is 0 Å². The molecule has 4 unspecified atom stereocenters. The standard InChI is InChI=1S/C17H34N2O/c1-5-17(4)15(12-16(17)20-6-2)18-13-14(3)19-10-8-7-9-11-19/h14-16,18H,5-13H2,1-4H3. The van der Waals surface area contributed by atoms with Crippen LogP contribution in [-0.4, -0.2) is 49.3 Å². The average Bonchev–Trinajstić information content (AvgIpc) is 2.49. The number of nitrogens with zero attached hydrogens (tertiary/aromatic N) is 1. The summed E-state index contributed by atoms with van der Waals surface area (Å²) in [4.78, 5) is 2.65. The summed E-state index contributed by atoms with van der Waals surface area (Å²) >= 11 is 0. The molecule has 0 amide bonds. The summed E-state index contributed by atoms with van der Waals surface area (Å²) in [6.07, 6.45) is 7.03. The van der Waals surface area contributed by atoms with Crippen molar-refractivity contribution in [3.63, 3.8) is 0 Å². The molecule has 0 radical (unpaired) electrons. The van der Waals surface area contributed by atoms with Crippen molar-refractivity contribution in [2.75, 3.05) is 26.2 Å². The van der Waals surface area contributed by atoms with Gasteiger partial charge in [0.25, 0.3) is 0 Å². The maximum atomic E-state index is 5.89. The highest BCUT2D eigenvalue weighted by Gasteiger charge is 2.50. The number of likely N-dealkylation sites (tertiary alicyclic amines) is 1. The molecular formula is C17H34N2O. The molecule has 0 spiro atoms. The van der Waals surface area contributed by atoms with Crippen molar-refractivity contribution >= 4 is 0 Å². The summed E-state index contributed by atoms with van der Waals surface area (Å²) in [5.74, 6) is 0. The van der Waals surface area contributed by atoms with E-state index in [-0.39, 0.29) is 0 Å². The van der Waals surface area contributed by atoms with Crippen molar-refractivity contribution in [1.82, 2.24) is 10.2 Å². The Kier molecular flexibility index (Phi) is 5.88. The zero-order chi connectivity index (χ0) is 14.6. The average molecular weight is 282 g/mol. The van der Waals surface area contributed by atoms with Crippen LogP contribution in [0.25, 0.3) is 0 Å². The van der Waals surface area contributed by atoms with E-state index in [0.29, 0.717) is 23.6 Å². The first kappa shape index (κ1) is 16.3. The maximum absolute atomic E-state index is 5.89. The van der Waals surface area contributed by atoms with E-state index in [1.165, 1.54) is 45.2 Å². The van der Waals surface area contributed by atoms with Gasteiger partial charge in [0.1, 0.15) is 0 Å². The molecule has 4 atom stereocenters. The summed E-state index contributed by atoms with van der Waals surface area (Å²) in [5.41, 5.74) is 0.331. The van der Waals surface area contributed by atoms with Crippen molar-refractivity contribution in [3.8, 4) is 0 Å². The Morgan fingerprint density at radius 2 is 1.95 bits per heavy atom. The SMILES string of the molecule is CCOC1CC(NCC(C)N2CCCCC2)C1(C)CC. The first-order valence-corrected chi connectivity index (χ1v) is 8.70. The quantitative estimate of drug-likeness (QED) is 0.777. The van der Waals surface area contributed by atoms with Crippen LogP contribution in [0.1, 0.15) is 59.8 Å². The van der Waals surface area contributed by atoms with E-state index in [2.05, 4.69) is 37.9 Å². The van der Waals surface area contributed by atoms with Gasteiger partial charge in [-0.15, -0.1) is 0 Å². The number of piperidine rings is 1. The van der Waals surface area contributed by atoms with E-state index >= 15 is 0 Å². The molecule has 1 saturated carbocycles. The molecule has 1 saturated heterocycles. The van der Waals surface area contributed by atoms with E-state index < -0.39 is 0 Å². The molecule has 2 fully saturated rings. The van der Waals surface area contributed by atoms with Gasteiger partial charge in [-0.05, 0) is 52.6 Å². The normalized spacial score (nSPS) is 36.6. The van der Waals surface area contributed by atoms with Crippen molar-refractivity contribution < 1.29 is 4.74 Å². The smallest absolute Gasteiger partial charge is 0.0658 e. The molecule has 0 bridgehead atoms. The van der Waals surface area contributed by atoms with Crippen LogP contribution in [-0.2, 0) is 4.74 Å². The van der Waals surface area contributed by atoms with E-state index in [9.17, 15) is 0 Å². The molecular weight excluding hydrogens is 248 g/mol. The Bertz CT molecular complexity index is 291. The van der Waals surface area contributed by atoms with Crippen LogP contribution < -0.4 is 5.32 Å². The fraction of sp³-hybridized carbons (Fsp3) is 1.00. The van der Waals surface area contributed by atoms with Crippen LogP contribution in [0.4, 0.5) is 0 Å². The second kappa shape index (κ2) is 7.24. The highest BCUT2D eigenvalue weighted by atomic mass is 16.5. The van der Waals surface area contributed by atoms with Crippen molar-refractivity contribution in [2.45, 2.75) is 78.0 Å². The Balaban J connectivity index is 1.76. The Hall–Kier alpha value is -0.120. The lowest BCUT2D eigenvalue weighted by Crippen LogP contribution is -2.63. The molecule has 1 heterocycles. The van der Waals surface area contributed by atoms with Crippen LogP contribution in [0.2, 0.25) is 0 Å². The van der Waals surface area contributed by atoms with Gasteiger partial charge in [0, 0.05) is 30.7 Å². The van der Waals surface area contributed by atoms with Gasteiger partial charge >= 0.3 is 0 Å². The van der Waals surface area contributed by atoms with Crippen molar-refractivity contribution in [2.24, 2.45) is 5.41 Å². The van der Waals surface area contributed by atoms with E-state index in [4.69, 9.17) is 4.74 Å². The minimum atomic E-state index is 0.331. The maximum Gasteiger partial charge on any atom is 0.0658 e. The number of rotatable bonds is 7. The van der Waals surface area contributed by atoms with Gasteiger partial charge in [-0.1, -0.05) is 20.3 Å². The lowest BCUT2D eigenvalue weighted by Gasteiger charge is -2.54. The fourth-order valence-electron chi connectivity index (χ4n) is 3.87. The molecule has 118 valence electrons. The van der Waals surface area contributed by atoms with Crippen molar-refractivity contribution in [3.05, 3.63) is 0 Å². The van der Waals surface area contributed by atoms with Crippen LogP contribution in [0, 0.1) is 5.41 Å². The molecule has 0 aromatic rings. The number of nitrogens with one attached hydrogen (secondary N) is 1. The summed E-state index contributed by atoms with van der Waals surface area (Å²) in [6, 6.07) is 1.30. The topological polar surface area (TPSA) is 24.5 Å². The minimum absolute atomic E-state index is 0.331. The summed E-state index contributed by atoms with van der Waals surface area (Å²) < 4.78 is 5.89. The molecule has 2 rings (SSSR count). The predicted octanol–water partition coefficient (Wildman–Crippen LogP) is 3.04. The lowest BCUT2D eigenvalue weighted by molar-refractivity contribution is -0.126. The van der Waals surface area contributed by atoms with Crippen LogP contribution in [0.3, 0.4) is 0 Å². The van der Waals surface area contributed by atoms with E-state index in [1.54, 1.807) is 0 Å².